The SMILES string of the molecule is COCC(N)C(=O)Nc1ccc(F)c([N+](=O)[O-])c1. The first-order valence-corrected chi connectivity index (χ1v) is 4.95. The van der Waals surface area contributed by atoms with Crippen molar-refractivity contribution in [3.63, 3.8) is 0 Å². The van der Waals surface area contributed by atoms with Crippen molar-refractivity contribution in [2.24, 2.45) is 5.73 Å². The van der Waals surface area contributed by atoms with E-state index in [2.05, 4.69) is 10.1 Å². The van der Waals surface area contributed by atoms with E-state index in [-0.39, 0.29) is 12.3 Å². The quantitative estimate of drug-likeness (QED) is 0.594. The summed E-state index contributed by atoms with van der Waals surface area (Å²) in [5.74, 6) is -1.54. The maximum atomic E-state index is 13.0. The second-order valence-electron chi connectivity index (χ2n) is 3.47. The van der Waals surface area contributed by atoms with Crippen LogP contribution in [0.1, 0.15) is 0 Å². The van der Waals surface area contributed by atoms with Gasteiger partial charge in [-0.15, -0.1) is 0 Å². The van der Waals surface area contributed by atoms with Gasteiger partial charge in [0.1, 0.15) is 6.04 Å². The smallest absolute Gasteiger partial charge is 0.306 e. The molecule has 0 heterocycles. The molecule has 3 N–H and O–H groups in total. The van der Waals surface area contributed by atoms with Crippen molar-refractivity contribution in [3.05, 3.63) is 34.1 Å². The van der Waals surface area contributed by atoms with Crippen molar-refractivity contribution in [1.29, 1.82) is 0 Å². The lowest BCUT2D eigenvalue weighted by molar-refractivity contribution is -0.387. The number of carbonyl (C=O) groups excluding carboxylic acids is 1. The number of halogens is 1. The zero-order chi connectivity index (χ0) is 13.7. The largest absolute Gasteiger partial charge is 0.383 e. The van der Waals surface area contributed by atoms with Crippen LogP contribution in [-0.2, 0) is 9.53 Å². The maximum absolute atomic E-state index is 13.0. The first kappa shape index (κ1) is 14.0. The third-order valence-electron chi connectivity index (χ3n) is 2.09. The van der Waals surface area contributed by atoms with Gasteiger partial charge in [0.2, 0.25) is 11.7 Å². The van der Waals surface area contributed by atoms with Gasteiger partial charge in [0.25, 0.3) is 0 Å². The summed E-state index contributed by atoms with van der Waals surface area (Å²) in [5.41, 5.74) is 4.84. The van der Waals surface area contributed by atoms with Crippen LogP contribution in [0.3, 0.4) is 0 Å². The second kappa shape index (κ2) is 6.03. The third-order valence-corrected chi connectivity index (χ3v) is 2.09. The summed E-state index contributed by atoms with van der Waals surface area (Å²) in [6.45, 7) is 0.00905. The lowest BCUT2D eigenvalue weighted by Crippen LogP contribution is -2.39. The Morgan fingerprint density at radius 2 is 2.33 bits per heavy atom. The highest BCUT2D eigenvalue weighted by atomic mass is 19.1. The molecule has 0 aromatic heterocycles. The van der Waals surface area contributed by atoms with Gasteiger partial charge in [-0.05, 0) is 12.1 Å². The number of benzene rings is 1. The predicted molar refractivity (Wildman–Crippen MR) is 61.5 cm³/mol. The van der Waals surface area contributed by atoms with Crippen molar-refractivity contribution in [3.8, 4) is 0 Å². The Hall–Kier alpha value is -2.06. The Bertz CT molecular complexity index is 466. The minimum Gasteiger partial charge on any atom is -0.383 e. The molecule has 98 valence electrons. The summed E-state index contributed by atoms with van der Waals surface area (Å²) >= 11 is 0. The van der Waals surface area contributed by atoms with E-state index >= 15 is 0 Å². The monoisotopic (exact) mass is 257 g/mol. The van der Waals surface area contributed by atoms with E-state index in [4.69, 9.17) is 5.73 Å². The van der Waals surface area contributed by atoms with Gasteiger partial charge in [-0.1, -0.05) is 0 Å². The summed E-state index contributed by atoms with van der Waals surface area (Å²) in [6.07, 6.45) is 0. The zero-order valence-corrected chi connectivity index (χ0v) is 9.55. The third kappa shape index (κ3) is 3.47. The molecule has 0 radical (unpaired) electrons. The molecule has 0 aliphatic heterocycles. The number of methoxy groups -OCH3 is 1. The summed E-state index contributed by atoms with van der Waals surface area (Å²) in [5, 5.41) is 12.8. The number of carbonyl (C=O) groups is 1. The number of rotatable bonds is 5. The molecule has 1 aromatic rings. The summed E-state index contributed by atoms with van der Waals surface area (Å²) in [7, 11) is 1.38. The number of hydrogen-bond donors (Lipinski definition) is 2. The number of nitrogens with two attached hydrogens (primary N) is 1. The Kier molecular flexibility index (Phi) is 4.69. The molecule has 0 fully saturated rings. The molecule has 7 nitrogen and oxygen atoms in total. The molecule has 1 amide bonds. The van der Waals surface area contributed by atoms with Gasteiger partial charge in [-0.3, -0.25) is 14.9 Å². The highest BCUT2D eigenvalue weighted by Gasteiger charge is 2.17. The van der Waals surface area contributed by atoms with Crippen LogP contribution >= 0.6 is 0 Å². The van der Waals surface area contributed by atoms with Gasteiger partial charge >= 0.3 is 5.69 Å². The Labute approximate surface area is 102 Å². The lowest BCUT2D eigenvalue weighted by Gasteiger charge is -2.11. The minimum absolute atomic E-state index is 0.00905. The standard InChI is InChI=1S/C10H12FN3O4/c1-18-5-8(12)10(15)13-6-2-3-7(11)9(4-6)14(16)17/h2-4,8H,5,12H2,1H3,(H,13,15). The van der Waals surface area contributed by atoms with Crippen LogP contribution in [0.25, 0.3) is 0 Å². The van der Waals surface area contributed by atoms with Gasteiger partial charge in [0, 0.05) is 18.9 Å². The maximum Gasteiger partial charge on any atom is 0.306 e. The van der Waals surface area contributed by atoms with E-state index in [9.17, 15) is 19.3 Å². The number of anilines is 1. The van der Waals surface area contributed by atoms with Crippen LogP contribution in [0, 0.1) is 15.9 Å². The fraction of sp³-hybridized carbons (Fsp3) is 0.300. The van der Waals surface area contributed by atoms with Crippen LogP contribution in [0.4, 0.5) is 15.8 Å². The molecule has 0 aliphatic carbocycles. The van der Waals surface area contributed by atoms with Crippen molar-refractivity contribution < 1.29 is 18.8 Å². The minimum atomic E-state index is -0.973. The van der Waals surface area contributed by atoms with E-state index in [1.807, 2.05) is 0 Å². The highest BCUT2D eigenvalue weighted by Crippen LogP contribution is 2.21. The van der Waals surface area contributed by atoms with E-state index in [1.54, 1.807) is 0 Å². The van der Waals surface area contributed by atoms with Gasteiger partial charge < -0.3 is 15.8 Å². The van der Waals surface area contributed by atoms with Crippen molar-refractivity contribution in [1.82, 2.24) is 0 Å². The molecular formula is C10H12FN3O4. The summed E-state index contributed by atoms with van der Waals surface area (Å²) in [6, 6.07) is 2.13. The molecule has 1 atom stereocenters. The number of nitrogens with one attached hydrogen (secondary N) is 1. The highest BCUT2D eigenvalue weighted by molar-refractivity contribution is 5.95. The lowest BCUT2D eigenvalue weighted by atomic mass is 10.2. The van der Waals surface area contributed by atoms with E-state index < -0.39 is 28.4 Å². The molecule has 0 spiro atoms. The molecular weight excluding hydrogens is 245 g/mol. The van der Waals surface area contributed by atoms with Gasteiger partial charge in [0.15, 0.2) is 0 Å². The molecule has 8 heteroatoms. The summed E-state index contributed by atoms with van der Waals surface area (Å²) in [4.78, 5) is 21.1. The number of ether oxygens (including phenoxy) is 1. The Balaban J connectivity index is 2.82. The van der Waals surface area contributed by atoms with Crippen molar-refractivity contribution in [2.45, 2.75) is 6.04 Å². The van der Waals surface area contributed by atoms with Gasteiger partial charge in [0.05, 0.1) is 11.5 Å². The number of amides is 1. The zero-order valence-electron chi connectivity index (χ0n) is 9.55. The molecule has 0 saturated heterocycles. The van der Waals surface area contributed by atoms with Crippen LogP contribution in [0.2, 0.25) is 0 Å². The first-order chi connectivity index (χ1) is 8.45. The van der Waals surface area contributed by atoms with Crippen molar-refractivity contribution >= 4 is 17.3 Å². The number of nitro benzene ring substituents is 1. The molecule has 0 saturated carbocycles. The number of nitrogens with zero attached hydrogens (tertiary/aromatic N) is 1. The van der Waals surface area contributed by atoms with Crippen molar-refractivity contribution in [2.75, 3.05) is 19.0 Å². The summed E-state index contributed by atoms with van der Waals surface area (Å²) < 4.78 is 17.7. The molecule has 0 bridgehead atoms. The first-order valence-electron chi connectivity index (χ1n) is 4.95. The molecule has 0 aliphatic rings. The molecule has 1 aromatic carbocycles. The fourth-order valence-corrected chi connectivity index (χ4v) is 1.22. The molecule has 18 heavy (non-hydrogen) atoms. The van der Waals surface area contributed by atoms with E-state index in [1.165, 1.54) is 13.2 Å². The predicted octanol–water partition coefficient (Wildman–Crippen LogP) is 0.646. The second-order valence-corrected chi connectivity index (χ2v) is 3.47. The molecule has 1 rings (SSSR count). The number of nitro groups is 1. The Morgan fingerprint density at radius 3 is 2.89 bits per heavy atom. The van der Waals surface area contributed by atoms with Crippen LogP contribution in [0.5, 0.6) is 0 Å². The fourth-order valence-electron chi connectivity index (χ4n) is 1.22. The normalized spacial score (nSPS) is 11.9. The van der Waals surface area contributed by atoms with Gasteiger partial charge in [-0.2, -0.15) is 4.39 Å². The average molecular weight is 257 g/mol. The number of hydrogen-bond acceptors (Lipinski definition) is 5. The van der Waals surface area contributed by atoms with E-state index in [0.29, 0.717) is 0 Å². The van der Waals surface area contributed by atoms with E-state index in [0.717, 1.165) is 12.1 Å². The van der Waals surface area contributed by atoms with Gasteiger partial charge in [-0.25, -0.2) is 0 Å². The topological polar surface area (TPSA) is 107 Å². The van der Waals surface area contributed by atoms with Crippen LogP contribution in [0.15, 0.2) is 18.2 Å². The molecule has 1 unspecified atom stereocenters. The van der Waals surface area contributed by atoms with Crippen LogP contribution < -0.4 is 11.1 Å². The van der Waals surface area contributed by atoms with Crippen LogP contribution in [-0.4, -0.2) is 30.6 Å². The average Bonchev–Trinajstić information content (AvgIpc) is 2.31. The Morgan fingerprint density at radius 1 is 1.67 bits per heavy atom.